The molecule has 0 radical (unpaired) electrons. The zero-order valence-electron chi connectivity index (χ0n) is 8.33. The number of carbonyl (C=O) groups is 2. The minimum absolute atomic E-state index is 0.0581. The molecule has 3 rings (SSSR count). The minimum atomic E-state index is -3.63. The molecule has 0 aromatic rings. The van der Waals surface area contributed by atoms with Crippen LogP contribution in [-0.2, 0) is 24.3 Å². The minimum Gasteiger partial charge on any atom is -0.393 e. The Bertz CT molecular complexity index is 484. The second kappa shape index (κ2) is 2.84. The van der Waals surface area contributed by atoms with Gasteiger partial charge in [-0.25, -0.2) is 13.6 Å². The molecule has 2 N–H and O–H groups in total. The number of hydrogen-bond donors (Lipinski definition) is 1. The topological polar surface area (TPSA) is 104 Å². The molecule has 2 saturated carbocycles. The lowest BCUT2D eigenvalue weighted by Gasteiger charge is -2.25. The number of fused-ring (bicyclic) bond motifs is 5. The van der Waals surface area contributed by atoms with Crippen LogP contribution in [-0.4, -0.2) is 25.6 Å². The van der Waals surface area contributed by atoms with Gasteiger partial charge in [-0.2, -0.15) is 0 Å². The van der Waals surface area contributed by atoms with Crippen LogP contribution in [0.15, 0.2) is 0 Å². The van der Waals surface area contributed by atoms with E-state index in [1.165, 1.54) is 0 Å². The van der Waals surface area contributed by atoms with E-state index in [1.54, 1.807) is 0 Å². The molecular weight excluding hydrogens is 234 g/mol. The second-order valence-corrected chi connectivity index (χ2v) is 6.60. The van der Waals surface area contributed by atoms with Gasteiger partial charge in [0.1, 0.15) is 0 Å². The van der Waals surface area contributed by atoms with Crippen LogP contribution in [0.3, 0.4) is 0 Å². The molecule has 88 valence electrons. The summed E-state index contributed by atoms with van der Waals surface area (Å²) in [6, 6.07) is 0. The van der Waals surface area contributed by atoms with E-state index in [4.69, 9.17) is 5.14 Å². The molecule has 0 aromatic heterocycles. The van der Waals surface area contributed by atoms with Crippen molar-refractivity contribution >= 4 is 22.0 Å². The highest BCUT2D eigenvalue weighted by molar-refractivity contribution is 7.89. The summed E-state index contributed by atoms with van der Waals surface area (Å²) in [6.07, 6.45) is 0.977. The molecule has 5 atom stereocenters. The van der Waals surface area contributed by atoms with Gasteiger partial charge in [-0.3, -0.25) is 9.59 Å². The van der Waals surface area contributed by atoms with Gasteiger partial charge in [-0.05, 0) is 24.7 Å². The summed E-state index contributed by atoms with van der Waals surface area (Å²) >= 11 is 0. The molecule has 3 fully saturated rings. The molecule has 3 aliphatic rings. The summed E-state index contributed by atoms with van der Waals surface area (Å²) in [6.45, 7) is 0. The zero-order chi connectivity index (χ0) is 11.7. The smallest absolute Gasteiger partial charge is 0.317 e. The van der Waals surface area contributed by atoms with Crippen molar-refractivity contribution in [1.82, 2.24) is 0 Å². The first kappa shape index (κ1) is 10.2. The number of cyclic esters (lactones) is 2. The fourth-order valence-electron chi connectivity index (χ4n) is 3.57. The first-order valence-electron chi connectivity index (χ1n) is 5.16. The van der Waals surface area contributed by atoms with Crippen LogP contribution in [0.4, 0.5) is 0 Å². The van der Waals surface area contributed by atoms with Crippen molar-refractivity contribution in [3.8, 4) is 0 Å². The lowest BCUT2D eigenvalue weighted by Crippen LogP contribution is -2.40. The number of hydrogen-bond acceptors (Lipinski definition) is 5. The molecule has 7 heteroatoms. The average molecular weight is 245 g/mol. The lowest BCUT2D eigenvalue weighted by atomic mass is 9.81. The summed E-state index contributed by atoms with van der Waals surface area (Å²) in [5.74, 6) is -2.45. The van der Waals surface area contributed by atoms with E-state index in [2.05, 4.69) is 4.74 Å². The van der Waals surface area contributed by atoms with Gasteiger partial charge in [0.15, 0.2) is 0 Å². The first-order valence-corrected chi connectivity index (χ1v) is 6.77. The molecule has 5 unspecified atom stereocenters. The molecule has 0 aromatic carbocycles. The number of rotatable bonds is 1. The van der Waals surface area contributed by atoms with E-state index in [0.29, 0.717) is 12.8 Å². The third-order valence-electron chi connectivity index (χ3n) is 4.11. The number of ether oxygens (including phenoxy) is 1. The molecular formula is C9H11NO5S. The van der Waals surface area contributed by atoms with Crippen molar-refractivity contribution in [1.29, 1.82) is 0 Å². The van der Waals surface area contributed by atoms with Crippen LogP contribution >= 0.6 is 0 Å². The first-order chi connectivity index (χ1) is 7.39. The van der Waals surface area contributed by atoms with Gasteiger partial charge in [0.2, 0.25) is 10.0 Å². The van der Waals surface area contributed by atoms with Crippen molar-refractivity contribution in [2.75, 3.05) is 0 Å². The summed E-state index contributed by atoms with van der Waals surface area (Å²) in [7, 11) is -3.63. The molecule has 16 heavy (non-hydrogen) atoms. The van der Waals surface area contributed by atoms with Gasteiger partial charge in [0, 0.05) is 0 Å². The molecule has 1 saturated heterocycles. The van der Waals surface area contributed by atoms with Crippen molar-refractivity contribution < 1.29 is 22.7 Å². The molecule has 0 spiro atoms. The number of sulfonamides is 1. The fourth-order valence-corrected chi connectivity index (χ4v) is 4.86. The summed E-state index contributed by atoms with van der Waals surface area (Å²) in [5.41, 5.74) is 0. The highest BCUT2D eigenvalue weighted by Crippen LogP contribution is 2.56. The Kier molecular flexibility index (Phi) is 1.81. The Balaban J connectivity index is 1.99. The Morgan fingerprint density at radius 1 is 1.12 bits per heavy atom. The standard InChI is InChI=1S/C9H11NO5S/c10-16(13,14)5-2-3-1-4(5)7-6(3)8(11)15-9(7)12/h3-7H,1-2H2,(H2,10,13,14). The Morgan fingerprint density at radius 3 is 2.38 bits per heavy atom. The van der Waals surface area contributed by atoms with E-state index in [9.17, 15) is 18.0 Å². The van der Waals surface area contributed by atoms with Gasteiger partial charge < -0.3 is 4.74 Å². The average Bonchev–Trinajstić information content (AvgIpc) is 2.76. The maximum absolute atomic E-state index is 11.4. The van der Waals surface area contributed by atoms with Crippen LogP contribution in [0, 0.1) is 23.7 Å². The largest absolute Gasteiger partial charge is 0.393 e. The quantitative estimate of drug-likeness (QED) is 0.471. The van der Waals surface area contributed by atoms with Crippen LogP contribution < -0.4 is 5.14 Å². The molecule has 0 amide bonds. The van der Waals surface area contributed by atoms with Crippen LogP contribution in [0.25, 0.3) is 0 Å². The van der Waals surface area contributed by atoms with Crippen LogP contribution in [0.1, 0.15) is 12.8 Å². The van der Waals surface area contributed by atoms with E-state index in [-0.39, 0.29) is 11.8 Å². The normalized spacial score (nSPS) is 45.9. The Labute approximate surface area is 92.2 Å². The molecule has 2 bridgehead atoms. The van der Waals surface area contributed by atoms with Crippen LogP contribution in [0.2, 0.25) is 0 Å². The van der Waals surface area contributed by atoms with E-state index < -0.39 is 39.0 Å². The number of primary sulfonamides is 1. The fraction of sp³-hybridized carbons (Fsp3) is 0.778. The number of carbonyl (C=O) groups excluding carboxylic acids is 2. The molecule has 2 aliphatic carbocycles. The van der Waals surface area contributed by atoms with Gasteiger partial charge in [0.05, 0.1) is 17.1 Å². The third-order valence-corrected chi connectivity index (χ3v) is 5.50. The SMILES string of the molecule is NS(=O)(=O)C1CC2CC1C1C(=O)OC(=O)C21. The maximum atomic E-state index is 11.4. The monoisotopic (exact) mass is 245 g/mol. The molecule has 1 aliphatic heterocycles. The van der Waals surface area contributed by atoms with Gasteiger partial charge in [-0.15, -0.1) is 0 Å². The predicted molar refractivity (Wildman–Crippen MR) is 51.2 cm³/mol. The number of esters is 2. The van der Waals surface area contributed by atoms with Crippen molar-refractivity contribution in [3.05, 3.63) is 0 Å². The summed E-state index contributed by atoms with van der Waals surface area (Å²) < 4.78 is 27.2. The summed E-state index contributed by atoms with van der Waals surface area (Å²) in [4.78, 5) is 22.8. The van der Waals surface area contributed by atoms with Crippen molar-refractivity contribution in [2.45, 2.75) is 18.1 Å². The van der Waals surface area contributed by atoms with Crippen molar-refractivity contribution in [3.63, 3.8) is 0 Å². The predicted octanol–water partition coefficient (Wildman–Crippen LogP) is -1.00. The van der Waals surface area contributed by atoms with Gasteiger partial charge in [-0.1, -0.05) is 0 Å². The van der Waals surface area contributed by atoms with Crippen LogP contribution in [0.5, 0.6) is 0 Å². The van der Waals surface area contributed by atoms with Gasteiger partial charge >= 0.3 is 11.9 Å². The highest BCUT2D eigenvalue weighted by Gasteiger charge is 2.64. The maximum Gasteiger partial charge on any atom is 0.317 e. The van der Waals surface area contributed by atoms with E-state index in [1.807, 2.05) is 0 Å². The highest BCUT2D eigenvalue weighted by atomic mass is 32.2. The Morgan fingerprint density at radius 2 is 1.75 bits per heavy atom. The lowest BCUT2D eigenvalue weighted by molar-refractivity contribution is -0.154. The van der Waals surface area contributed by atoms with Gasteiger partial charge in [0.25, 0.3) is 0 Å². The molecule has 6 nitrogen and oxygen atoms in total. The third kappa shape index (κ3) is 1.12. The Hall–Kier alpha value is -0.950. The number of nitrogens with two attached hydrogens (primary N) is 1. The zero-order valence-corrected chi connectivity index (χ0v) is 9.14. The molecule has 1 heterocycles. The van der Waals surface area contributed by atoms with Crippen molar-refractivity contribution in [2.24, 2.45) is 28.8 Å². The summed E-state index contributed by atoms with van der Waals surface area (Å²) in [5, 5.41) is 4.44. The second-order valence-electron chi connectivity index (χ2n) is 4.81. The van der Waals surface area contributed by atoms with E-state index in [0.717, 1.165) is 0 Å². The van der Waals surface area contributed by atoms with E-state index >= 15 is 0 Å².